The summed E-state index contributed by atoms with van der Waals surface area (Å²) in [6, 6.07) is 21.2. The predicted molar refractivity (Wildman–Crippen MR) is 133 cm³/mol. The van der Waals surface area contributed by atoms with Gasteiger partial charge in [0.2, 0.25) is 0 Å². The number of likely N-dealkylation sites (tertiary alicyclic amines) is 1. The van der Waals surface area contributed by atoms with Crippen LogP contribution >= 0.6 is 0 Å². The number of ether oxygens (including phenoxy) is 1. The van der Waals surface area contributed by atoms with Crippen molar-refractivity contribution in [3.63, 3.8) is 0 Å². The molecule has 1 saturated heterocycles. The molecule has 6 nitrogen and oxygen atoms in total. The van der Waals surface area contributed by atoms with Crippen LogP contribution in [0.15, 0.2) is 76.0 Å². The average Bonchev–Trinajstić information content (AvgIpc) is 3.34. The van der Waals surface area contributed by atoms with E-state index in [1.54, 1.807) is 43.5 Å². The first-order valence-corrected chi connectivity index (χ1v) is 13.1. The number of piperidine rings is 1. The van der Waals surface area contributed by atoms with Crippen molar-refractivity contribution in [2.24, 2.45) is 5.92 Å². The Bertz CT molecular complexity index is 1070. The van der Waals surface area contributed by atoms with Crippen LogP contribution in [0.2, 0.25) is 0 Å². The molecular formula is C27H32N2O4S. The van der Waals surface area contributed by atoms with E-state index in [0.717, 1.165) is 32.0 Å². The zero-order chi connectivity index (χ0) is 23.8. The summed E-state index contributed by atoms with van der Waals surface area (Å²) in [6.07, 6.45) is 3.53. The van der Waals surface area contributed by atoms with Crippen LogP contribution in [0.25, 0.3) is 0 Å². The average molecular weight is 481 g/mol. The molecule has 1 aliphatic heterocycles. The van der Waals surface area contributed by atoms with Gasteiger partial charge >= 0.3 is 0 Å². The Hall–Kier alpha value is -2.90. The van der Waals surface area contributed by atoms with Gasteiger partial charge in [0.15, 0.2) is 5.76 Å². The van der Waals surface area contributed by atoms with E-state index in [1.165, 1.54) is 18.4 Å². The highest BCUT2D eigenvalue weighted by atomic mass is 32.2. The Labute approximate surface area is 203 Å². The van der Waals surface area contributed by atoms with E-state index in [1.807, 2.05) is 0 Å². The quantitative estimate of drug-likeness (QED) is 0.469. The zero-order valence-corrected chi connectivity index (χ0v) is 20.4. The van der Waals surface area contributed by atoms with E-state index in [2.05, 4.69) is 40.5 Å². The molecule has 1 amide bonds. The standard InChI is InChI=1S/C27H32N2O4S/c1-32-23-7-10-25(11-8-23)34(31)20-24-9-12-26(33-24)27(30)28-15-18-29-16-13-22(14-17-29)19-21-5-3-2-4-6-21/h2-12,22H,13-20H2,1H3,(H,28,30). The fourth-order valence-corrected chi connectivity index (χ4v) is 5.31. The number of furan rings is 1. The van der Waals surface area contributed by atoms with E-state index >= 15 is 0 Å². The molecule has 1 aliphatic rings. The van der Waals surface area contributed by atoms with Crippen molar-refractivity contribution in [1.29, 1.82) is 0 Å². The maximum absolute atomic E-state index is 12.6. The molecule has 0 aliphatic carbocycles. The number of nitrogens with one attached hydrogen (secondary N) is 1. The number of hydrogen-bond acceptors (Lipinski definition) is 5. The molecule has 1 unspecified atom stereocenters. The lowest BCUT2D eigenvalue weighted by Crippen LogP contribution is -2.39. The summed E-state index contributed by atoms with van der Waals surface area (Å²) in [4.78, 5) is 15.6. The summed E-state index contributed by atoms with van der Waals surface area (Å²) in [5.41, 5.74) is 1.42. The molecule has 0 bridgehead atoms. The van der Waals surface area contributed by atoms with Gasteiger partial charge in [-0.1, -0.05) is 30.3 Å². The first kappa shape index (κ1) is 24.2. The molecular weight excluding hydrogens is 448 g/mol. The molecule has 0 radical (unpaired) electrons. The SMILES string of the molecule is COc1ccc(S(=O)Cc2ccc(C(=O)NCCN3CCC(Cc4ccccc4)CC3)o2)cc1. The summed E-state index contributed by atoms with van der Waals surface area (Å²) < 4.78 is 23.4. The molecule has 2 heterocycles. The van der Waals surface area contributed by atoms with E-state index in [-0.39, 0.29) is 17.4 Å². The van der Waals surface area contributed by atoms with Crippen LogP contribution in [-0.4, -0.2) is 48.3 Å². The maximum atomic E-state index is 12.6. The minimum atomic E-state index is -1.26. The molecule has 1 aromatic heterocycles. The van der Waals surface area contributed by atoms with Crippen LogP contribution in [0.1, 0.15) is 34.7 Å². The van der Waals surface area contributed by atoms with Crippen LogP contribution in [0.3, 0.4) is 0 Å². The van der Waals surface area contributed by atoms with Gasteiger partial charge in [0, 0.05) is 18.0 Å². The fourth-order valence-electron chi connectivity index (χ4n) is 4.29. The van der Waals surface area contributed by atoms with Crippen LogP contribution in [0.5, 0.6) is 5.75 Å². The number of carbonyl (C=O) groups excluding carboxylic acids is 1. The number of benzene rings is 2. The van der Waals surface area contributed by atoms with Crippen LogP contribution in [0.4, 0.5) is 0 Å². The lowest BCUT2D eigenvalue weighted by molar-refractivity contribution is 0.0915. The Kier molecular flexibility index (Phi) is 8.55. The minimum Gasteiger partial charge on any atom is -0.497 e. The Morgan fingerprint density at radius 1 is 1.06 bits per heavy atom. The van der Waals surface area contributed by atoms with Crippen molar-refractivity contribution in [2.75, 3.05) is 33.3 Å². The topological polar surface area (TPSA) is 71.8 Å². The molecule has 0 saturated carbocycles. The second kappa shape index (κ2) is 12.0. The molecule has 2 aromatic carbocycles. The third kappa shape index (κ3) is 6.81. The highest BCUT2D eigenvalue weighted by Crippen LogP contribution is 2.21. The Balaban J connectivity index is 1.17. The van der Waals surface area contributed by atoms with Gasteiger partial charge < -0.3 is 19.4 Å². The highest BCUT2D eigenvalue weighted by molar-refractivity contribution is 7.84. The Morgan fingerprint density at radius 2 is 1.79 bits per heavy atom. The van der Waals surface area contributed by atoms with Crippen LogP contribution in [-0.2, 0) is 23.0 Å². The van der Waals surface area contributed by atoms with Crippen molar-refractivity contribution in [1.82, 2.24) is 10.2 Å². The first-order valence-electron chi connectivity index (χ1n) is 11.8. The van der Waals surface area contributed by atoms with Gasteiger partial charge in [-0.05, 0) is 80.2 Å². The monoisotopic (exact) mass is 480 g/mol. The zero-order valence-electron chi connectivity index (χ0n) is 19.6. The van der Waals surface area contributed by atoms with Crippen molar-refractivity contribution in [3.8, 4) is 5.75 Å². The minimum absolute atomic E-state index is 0.220. The van der Waals surface area contributed by atoms with Crippen molar-refractivity contribution >= 4 is 16.7 Å². The van der Waals surface area contributed by atoms with Crippen LogP contribution in [0, 0.1) is 5.92 Å². The number of carbonyl (C=O) groups is 1. The normalized spacial score (nSPS) is 15.7. The highest BCUT2D eigenvalue weighted by Gasteiger charge is 2.20. The van der Waals surface area contributed by atoms with E-state index in [9.17, 15) is 9.00 Å². The summed E-state index contributed by atoms with van der Waals surface area (Å²) in [7, 11) is 0.336. The van der Waals surface area contributed by atoms with Crippen molar-refractivity contribution in [3.05, 3.63) is 83.8 Å². The third-order valence-corrected chi connectivity index (χ3v) is 7.61. The van der Waals surface area contributed by atoms with Gasteiger partial charge in [-0.15, -0.1) is 0 Å². The summed E-state index contributed by atoms with van der Waals surface area (Å²) >= 11 is 0. The molecule has 1 N–H and O–H groups in total. The molecule has 3 aromatic rings. The molecule has 1 atom stereocenters. The first-order chi connectivity index (χ1) is 16.6. The maximum Gasteiger partial charge on any atom is 0.287 e. The molecule has 0 spiro atoms. The van der Waals surface area contributed by atoms with E-state index < -0.39 is 10.8 Å². The van der Waals surface area contributed by atoms with Gasteiger partial charge in [0.25, 0.3) is 5.91 Å². The van der Waals surface area contributed by atoms with Crippen molar-refractivity contribution in [2.45, 2.75) is 29.9 Å². The number of methoxy groups -OCH3 is 1. The summed E-state index contributed by atoms with van der Waals surface area (Å²) in [5.74, 6) is 2.22. The lowest BCUT2D eigenvalue weighted by atomic mass is 9.90. The number of nitrogens with zero attached hydrogens (tertiary/aromatic N) is 1. The van der Waals surface area contributed by atoms with Gasteiger partial charge in [-0.3, -0.25) is 9.00 Å². The summed E-state index contributed by atoms with van der Waals surface area (Å²) in [5, 5.41) is 2.94. The smallest absolute Gasteiger partial charge is 0.287 e. The van der Waals surface area contributed by atoms with Gasteiger partial charge in [-0.2, -0.15) is 0 Å². The second-order valence-electron chi connectivity index (χ2n) is 8.66. The van der Waals surface area contributed by atoms with Crippen LogP contribution < -0.4 is 10.1 Å². The van der Waals surface area contributed by atoms with Gasteiger partial charge in [0.1, 0.15) is 11.5 Å². The molecule has 7 heteroatoms. The molecule has 34 heavy (non-hydrogen) atoms. The number of rotatable bonds is 10. The lowest BCUT2D eigenvalue weighted by Gasteiger charge is -2.32. The molecule has 1 fully saturated rings. The second-order valence-corrected chi connectivity index (χ2v) is 10.1. The van der Waals surface area contributed by atoms with Gasteiger partial charge in [-0.25, -0.2) is 0 Å². The van der Waals surface area contributed by atoms with E-state index in [4.69, 9.17) is 9.15 Å². The molecule has 180 valence electrons. The summed E-state index contributed by atoms with van der Waals surface area (Å²) in [6.45, 7) is 3.54. The largest absolute Gasteiger partial charge is 0.497 e. The number of amides is 1. The molecule has 4 rings (SSSR count). The van der Waals surface area contributed by atoms with Gasteiger partial charge in [0.05, 0.1) is 23.7 Å². The predicted octanol–water partition coefficient (Wildman–Crippen LogP) is 4.28. The van der Waals surface area contributed by atoms with E-state index in [0.29, 0.717) is 22.9 Å². The number of hydrogen-bond donors (Lipinski definition) is 1. The fraction of sp³-hybridized carbons (Fsp3) is 0.370. The third-order valence-electron chi connectivity index (χ3n) is 6.27. The Morgan fingerprint density at radius 3 is 2.50 bits per heavy atom. The van der Waals surface area contributed by atoms with Crippen molar-refractivity contribution < 1.29 is 18.2 Å².